The van der Waals surface area contributed by atoms with E-state index in [0.29, 0.717) is 5.92 Å². The van der Waals surface area contributed by atoms with Crippen LogP contribution in [0.5, 0.6) is 0 Å². The predicted octanol–water partition coefficient (Wildman–Crippen LogP) is 3.75. The third kappa shape index (κ3) is 2.73. The largest absolute Gasteiger partial charge is 0.392 e. The second-order valence-corrected chi connectivity index (χ2v) is 5.43. The molecule has 84 valence electrons. The fraction of sp³-hybridized carbons (Fsp3) is 1.00. The van der Waals surface area contributed by atoms with E-state index in [1.807, 2.05) is 0 Å². The zero-order chi connectivity index (χ0) is 10.6. The van der Waals surface area contributed by atoms with Crippen LogP contribution >= 0.6 is 0 Å². The summed E-state index contributed by atoms with van der Waals surface area (Å²) in [5.74, 6) is 0.475. The van der Waals surface area contributed by atoms with Crippen molar-refractivity contribution in [1.82, 2.24) is 0 Å². The maximum atomic E-state index is 10.3. The fourth-order valence-electron chi connectivity index (χ4n) is 2.96. The molecule has 0 aromatic heterocycles. The van der Waals surface area contributed by atoms with Gasteiger partial charge in [-0.15, -0.1) is 0 Å². The lowest BCUT2D eigenvalue weighted by Crippen LogP contribution is -2.38. The Balaban J connectivity index is 2.51. The molecule has 1 rings (SSSR count). The molecule has 1 aliphatic carbocycles. The third-order valence-corrected chi connectivity index (χ3v) is 3.99. The van der Waals surface area contributed by atoms with Gasteiger partial charge < -0.3 is 5.11 Å². The number of aliphatic hydroxyl groups excluding tert-OH is 1. The van der Waals surface area contributed by atoms with Crippen LogP contribution < -0.4 is 0 Å². The molecule has 2 unspecified atom stereocenters. The summed E-state index contributed by atoms with van der Waals surface area (Å²) >= 11 is 0. The summed E-state index contributed by atoms with van der Waals surface area (Å²) in [5, 5.41) is 10.3. The Morgan fingerprint density at radius 1 is 1.21 bits per heavy atom. The molecule has 1 aliphatic rings. The van der Waals surface area contributed by atoms with Gasteiger partial charge in [-0.05, 0) is 30.6 Å². The van der Waals surface area contributed by atoms with E-state index < -0.39 is 0 Å². The van der Waals surface area contributed by atoms with Crippen LogP contribution in [0.3, 0.4) is 0 Å². The summed E-state index contributed by atoms with van der Waals surface area (Å²) in [6.45, 7) is 6.68. The minimum absolute atomic E-state index is 0.0808. The lowest BCUT2D eigenvalue weighted by Gasteiger charge is -2.40. The van der Waals surface area contributed by atoms with Gasteiger partial charge in [-0.25, -0.2) is 0 Å². The molecule has 0 aromatic rings. The highest BCUT2D eigenvalue weighted by atomic mass is 16.3. The van der Waals surface area contributed by atoms with Crippen LogP contribution in [-0.4, -0.2) is 11.2 Å². The highest BCUT2D eigenvalue weighted by Gasteiger charge is 2.36. The zero-order valence-electron chi connectivity index (χ0n) is 10.1. The summed E-state index contributed by atoms with van der Waals surface area (Å²) in [5.41, 5.74) is 0.215. The van der Waals surface area contributed by atoms with Gasteiger partial charge in [0.25, 0.3) is 0 Å². The van der Waals surface area contributed by atoms with Gasteiger partial charge in [0.1, 0.15) is 0 Å². The number of hydrogen-bond donors (Lipinski definition) is 1. The van der Waals surface area contributed by atoms with Crippen LogP contribution in [0.2, 0.25) is 0 Å². The Kier molecular flexibility index (Phi) is 4.43. The highest BCUT2D eigenvalue weighted by molar-refractivity contribution is 4.87. The van der Waals surface area contributed by atoms with E-state index in [0.717, 1.165) is 6.42 Å². The van der Waals surface area contributed by atoms with Crippen molar-refractivity contribution >= 4 is 0 Å². The molecule has 0 amide bonds. The second-order valence-electron chi connectivity index (χ2n) is 5.43. The van der Waals surface area contributed by atoms with E-state index in [1.165, 1.54) is 38.5 Å². The number of hydrogen-bond acceptors (Lipinski definition) is 1. The SMILES string of the molecule is CCCC(C)C(O)C1(C)CCCCC1. The number of aliphatic hydroxyl groups is 1. The van der Waals surface area contributed by atoms with E-state index in [2.05, 4.69) is 20.8 Å². The van der Waals surface area contributed by atoms with E-state index in [-0.39, 0.29) is 11.5 Å². The Morgan fingerprint density at radius 3 is 2.29 bits per heavy atom. The molecule has 1 N–H and O–H groups in total. The Morgan fingerprint density at radius 2 is 1.79 bits per heavy atom. The summed E-state index contributed by atoms with van der Waals surface area (Å²) in [4.78, 5) is 0. The van der Waals surface area contributed by atoms with Crippen LogP contribution in [0.4, 0.5) is 0 Å². The molecule has 0 aromatic carbocycles. The molecule has 1 nitrogen and oxygen atoms in total. The van der Waals surface area contributed by atoms with Crippen LogP contribution in [0.15, 0.2) is 0 Å². The van der Waals surface area contributed by atoms with Gasteiger partial charge >= 0.3 is 0 Å². The Labute approximate surface area is 88.9 Å². The Hall–Kier alpha value is -0.0400. The second kappa shape index (κ2) is 5.16. The normalized spacial score (nSPS) is 25.7. The molecule has 0 aliphatic heterocycles. The van der Waals surface area contributed by atoms with E-state index in [9.17, 15) is 5.11 Å². The molecule has 1 saturated carbocycles. The molecule has 0 heterocycles. The Bertz CT molecular complexity index is 159. The summed E-state index contributed by atoms with van der Waals surface area (Å²) in [6.07, 6.45) is 8.71. The summed E-state index contributed by atoms with van der Waals surface area (Å²) < 4.78 is 0. The van der Waals surface area contributed by atoms with Gasteiger partial charge in [0, 0.05) is 0 Å². The van der Waals surface area contributed by atoms with Crippen molar-refractivity contribution in [2.45, 2.75) is 71.8 Å². The minimum atomic E-state index is -0.0808. The van der Waals surface area contributed by atoms with Crippen molar-refractivity contribution in [3.05, 3.63) is 0 Å². The first-order valence-corrected chi connectivity index (χ1v) is 6.28. The topological polar surface area (TPSA) is 20.2 Å². The maximum absolute atomic E-state index is 10.3. The number of rotatable bonds is 4. The maximum Gasteiger partial charge on any atom is 0.0619 e. The summed E-state index contributed by atoms with van der Waals surface area (Å²) in [6, 6.07) is 0. The first-order valence-electron chi connectivity index (χ1n) is 6.28. The quantitative estimate of drug-likeness (QED) is 0.729. The van der Waals surface area contributed by atoms with Crippen LogP contribution in [-0.2, 0) is 0 Å². The molecular weight excluding hydrogens is 172 g/mol. The standard InChI is InChI=1S/C13H26O/c1-4-8-11(2)12(14)13(3)9-6-5-7-10-13/h11-12,14H,4-10H2,1-3H3. The van der Waals surface area contributed by atoms with Gasteiger partial charge in [-0.3, -0.25) is 0 Å². The average molecular weight is 198 g/mol. The highest BCUT2D eigenvalue weighted by Crippen LogP contribution is 2.41. The van der Waals surface area contributed by atoms with Crippen LogP contribution in [0.25, 0.3) is 0 Å². The van der Waals surface area contributed by atoms with Crippen molar-refractivity contribution in [1.29, 1.82) is 0 Å². The molecular formula is C13H26O. The molecule has 0 spiro atoms. The monoisotopic (exact) mass is 198 g/mol. The molecule has 14 heavy (non-hydrogen) atoms. The van der Waals surface area contributed by atoms with Gasteiger partial charge in [0.2, 0.25) is 0 Å². The van der Waals surface area contributed by atoms with E-state index in [4.69, 9.17) is 0 Å². The smallest absolute Gasteiger partial charge is 0.0619 e. The van der Waals surface area contributed by atoms with Crippen molar-refractivity contribution in [3.63, 3.8) is 0 Å². The van der Waals surface area contributed by atoms with Crippen molar-refractivity contribution in [2.24, 2.45) is 11.3 Å². The molecule has 2 atom stereocenters. The van der Waals surface area contributed by atoms with Crippen LogP contribution in [0, 0.1) is 11.3 Å². The first-order chi connectivity index (χ1) is 6.60. The van der Waals surface area contributed by atoms with Crippen molar-refractivity contribution in [3.8, 4) is 0 Å². The molecule has 0 bridgehead atoms. The molecule has 1 fully saturated rings. The van der Waals surface area contributed by atoms with Gasteiger partial charge in [-0.1, -0.05) is 46.5 Å². The average Bonchev–Trinajstić information content (AvgIpc) is 2.18. The predicted molar refractivity (Wildman–Crippen MR) is 61.3 cm³/mol. The summed E-state index contributed by atoms with van der Waals surface area (Å²) in [7, 11) is 0. The van der Waals surface area contributed by atoms with Crippen molar-refractivity contribution in [2.75, 3.05) is 0 Å². The molecule has 1 heteroatoms. The lowest BCUT2D eigenvalue weighted by molar-refractivity contribution is -0.0281. The minimum Gasteiger partial charge on any atom is -0.392 e. The lowest BCUT2D eigenvalue weighted by atomic mass is 9.68. The van der Waals surface area contributed by atoms with E-state index in [1.54, 1.807) is 0 Å². The van der Waals surface area contributed by atoms with Gasteiger partial charge in [0.15, 0.2) is 0 Å². The van der Waals surface area contributed by atoms with Crippen molar-refractivity contribution < 1.29 is 5.11 Å². The zero-order valence-corrected chi connectivity index (χ0v) is 10.1. The first kappa shape index (κ1) is 12.0. The van der Waals surface area contributed by atoms with E-state index >= 15 is 0 Å². The van der Waals surface area contributed by atoms with Gasteiger partial charge in [-0.2, -0.15) is 0 Å². The van der Waals surface area contributed by atoms with Gasteiger partial charge in [0.05, 0.1) is 6.10 Å². The molecule has 0 radical (unpaired) electrons. The molecule has 0 saturated heterocycles. The van der Waals surface area contributed by atoms with Crippen LogP contribution in [0.1, 0.15) is 65.7 Å². The third-order valence-electron chi connectivity index (χ3n) is 3.99. The fourth-order valence-corrected chi connectivity index (χ4v) is 2.96.